The second kappa shape index (κ2) is 7.66. The normalized spacial score (nSPS) is 11.4. The van der Waals surface area contributed by atoms with Gasteiger partial charge in [0.05, 0.1) is 11.9 Å². The van der Waals surface area contributed by atoms with E-state index in [0.717, 1.165) is 17.1 Å². The highest BCUT2D eigenvalue weighted by molar-refractivity contribution is 5.91. The summed E-state index contributed by atoms with van der Waals surface area (Å²) in [5, 5.41) is 10.1. The summed E-state index contributed by atoms with van der Waals surface area (Å²) in [5.41, 5.74) is 8.12. The maximum atomic E-state index is 11.7. The van der Waals surface area contributed by atoms with Crippen molar-refractivity contribution in [2.24, 2.45) is 12.8 Å². The third kappa shape index (κ3) is 5.45. The highest BCUT2D eigenvalue weighted by Crippen LogP contribution is 2.19. The Bertz CT molecular complexity index is 597. The number of halogens is 1. The molecule has 1 unspecified atom stereocenters. The van der Waals surface area contributed by atoms with Crippen molar-refractivity contribution in [1.29, 1.82) is 0 Å². The highest BCUT2D eigenvalue weighted by Gasteiger charge is 2.06. The summed E-state index contributed by atoms with van der Waals surface area (Å²) >= 11 is 0. The number of aromatic nitrogens is 2. The van der Waals surface area contributed by atoms with Gasteiger partial charge in [-0.2, -0.15) is 5.10 Å². The predicted octanol–water partition coefficient (Wildman–Crippen LogP) is 2.26. The van der Waals surface area contributed by atoms with Gasteiger partial charge in [-0.1, -0.05) is 6.07 Å². The molecule has 7 heteroatoms. The van der Waals surface area contributed by atoms with E-state index in [-0.39, 0.29) is 24.4 Å². The van der Waals surface area contributed by atoms with Gasteiger partial charge in [0, 0.05) is 37.1 Å². The number of rotatable bonds is 5. The van der Waals surface area contributed by atoms with Crippen molar-refractivity contribution in [2.45, 2.75) is 19.4 Å². The Balaban J connectivity index is 0.00000220. The summed E-state index contributed by atoms with van der Waals surface area (Å²) in [6, 6.07) is 7.36. The molecule has 6 nitrogen and oxygen atoms in total. The first-order chi connectivity index (χ1) is 9.52. The van der Waals surface area contributed by atoms with Gasteiger partial charge in [0.1, 0.15) is 0 Å². The number of nitrogens with one attached hydrogen (secondary N) is 2. The lowest BCUT2D eigenvalue weighted by atomic mass is 10.2. The third-order valence-corrected chi connectivity index (χ3v) is 2.65. The molecule has 1 amide bonds. The van der Waals surface area contributed by atoms with E-state index in [0.29, 0.717) is 6.42 Å². The van der Waals surface area contributed by atoms with E-state index in [2.05, 4.69) is 15.7 Å². The van der Waals surface area contributed by atoms with Gasteiger partial charge in [-0.05, 0) is 25.1 Å². The average molecular weight is 310 g/mol. The Labute approximate surface area is 130 Å². The van der Waals surface area contributed by atoms with Crippen LogP contribution in [-0.4, -0.2) is 21.7 Å². The molecule has 2 aromatic rings. The van der Waals surface area contributed by atoms with Crippen LogP contribution in [0.5, 0.6) is 0 Å². The van der Waals surface area contributed by atoms with Crippen molar-refractivity contribution in [3.63, 3.8) is 0 Å². The topological polar surface area (TPSA) is 85.0 Å². The number of carbonyl (C=O) groups excluding carboxylic acids is 1. The molecular weight excluding hydrogens is 290 g/mol. The van der Waals surface area contributed by atoms with Crippen LogP contribution in [0.1, 0.15) is 13.3 Å². The number of aryl methyl sites for hydroxylation is 1. The number of hydrogen-bond acceptors (Lipinski definition) is 4. The minimum absolute atomic E-state index is 0. The zero-order chi connectivity index (χ0) is 14.5. The standard InChI is InChI=1S/C14H19N5O.ClH/c1-10(15)6-14(20)18-12-5-3-4-11(7-12)17-13-8-16-19(2)9-13;/h3-5,7-10,17H,6,15H2,1-2H3,(H,18,20);1H. The van der Waals surface area contributed by atoms with Gasteiger partial charge in [-0.15, -0.1) is 12.4 Å². The fourth-order valence-electron chi connectivity index (χ4n) is 1.83. The molecule has 1 atom stereocenters. The summed E-state index contributed by atoms with van der Waals surface area (Å²) in [5.74, 6) is -0.0847. The summed E-state index contributed by atoms with van der Waals surface area (Å²) in [6.45, 7) is 1.81. The SMILES string of the molecule is CC(N)CC(=O)Nc1cccc(Nc2cnn(C)c2)c1.Cl. The fourth-order valence-corrected chi connectivity index (χ4v) is 1.83. The van der Waals surface area contributed by atoms with Crippen molar-refractivity contribution in [1.82, 2.24) is 9.78 Å². The number of amides is 1. The Kier molecular flexibility index (Phi) is 6.20. The lowest BCUT2D eigenvalue weighted by Crippen LogP contribution is -2.23. The second-order valence-corrected chi connectivity index (χ2v) is 4.84. The molecule has 2 rings (SSSR count). The maximum absolute atomic E-state index is 11.7. The molecule has 0 saturated heterocycles. The Hall–Kier alpha value is -2.05. The molecule has 0 spiro atoms. The van der Waals surface area contributed by atoms with E-state index in [1.54, 1.807) is 17.8 Å². The van der Waals surface area contributed by atoms with Crippen molar-refractivity contribution >= 4 is 35.4 Å². The van der Waals surface area contributed by atoms with E-state index in [9.17, 15) is 4.79 Å². The molecule has 21 heavy (non-hydrogen) atoms. The van der Waals surface area contributed by atoms with Gasteiger partial charge in [0.15, 0.2) is 0 Å². The van der Waals surface area contributed by atoms with Crippen molar-refractivity contribution in [2.75, 3.05) is 10.6 Å². The highest BCUT2D eigenvalue weighted by atomic mass is 35.5. The number of anilines is 3. The number of benzene rings is 1. The quantitative estimate of drug-likeness (QED) is 0.791. The Morgan fingerprint density at radius 1 is 1.38 bits per heavy atom. The van der Waals surface area contributed by atoms with Crippen LogP contribution in [-0.2, 0) is 11.8 Å². The maximum Gasteiger partial charge on any atom is 0.225 e. The minimum atomic E-state index is -0.147. The summed E-state index contributed by atoms with van der Waals surface area (Å²) in [6.07, 6.45) is 3.92. The van der Waals surface area contributed by atoms with Gasteiger partial charge in [-0.3, -0.25) is 9.48 Å². The fraction of sp³-hybridized carbons (Fsp3) is 0.286. The van der Waals surface area contributed by atoms with Crippen LogP contribution in [0, 0.1) is 0 Å². The van der Waals surface area contributed by atoms with E-state index < -0.39 is 0 Å². The van der Waals surface area contributed by atoms with Crippen molar-refractivity contribution in [3.8, 4) is 0 Å². The largest absolute Gasteiger partial charge is 0.353 e. The first-order valence-electron chi connectivity index (χ1n) is 6.44. The molecule has 0 aliphatic heterocycles. The van der Waals surface area contributed by atoms with Gasteiger partial charge in [0.2, 0.25) is 5.91 Å². The van der Waals surface area contributed by atoms with Gasteiger partial charge < -0.3 is 16.4 Å². The van der Waals surface area contributed by atoms with Crippen LogP contribution in [0.4, 0.5) is 17.1 Å². The van der Waals surface area contributed by atoms with Gasteiger partial charge in [0.25, 0.3) is 0 Å². The zero-order valence-electron chi connectivity index (χ0n) is 12.0. The molecule has 0 bridgehead atoms. The first-order valence-corrected chi connectivity index (χ1v) is 6.44. The molecule has 1 aromatic heterocycles. The third-order valence-electron chi connectivity index (χ3n) is 2.65. The van der Waals surface area contributed by atoms with Crippen LogP contribution in [0.2, 0.25) is 0 Å². The molecular formula is C14H20ClN5O. The van der Waals surface area contributed by atoms with E-state index in [1.807, 2.05) is 37.5 Å². The van der Waals surface area contributed by atoms with E-state index in [1.165, 1.54) is 0 Å². The molecule has 114 valence electrons. The lowest BCUT2D eigenvalue weighted by Gasteiger charge is -2.09. The molecule has 4 N–H and O–H groups in total. The van der Waals surface area contributed by atoms with Crippen LogP contribution in [0.15, 0.2) is 36.7 Å². The van der Waals surface area contributed by atoms with Gasteiger partial charge >= 0.3 is 0 Å². The Morgan fingerprint density at radius 3 is 2.71 bits per heavy atom. The average Bonchev–Trinajstić information content (AvgIpc) is 2.74. The molecule has 1 heterocycles. The van der Waals surface area contributed by atoms with Crippen LogP contribution in [0.25, 0.3) is 0 Å². The zero-order valence-corrected chi connectivity index (χ0v) is 12.9. The van der Waals surface area contributed by atoms with Crippen LogP contribution < -0.4 is 16.4 Å². The predicted molar refractivity (Wildman–Crippen MR) is 87.1 cm³/mol. The Morgan fingerprint density at radius 2 is 2.10 bits per heavy atom. The van der Waals surface area contributed by atoms with Crippen LogP contribution >= 0.6 is 12.4 Å². The molecule has 0 aliphatic rings. The smallest absolute Gasteiger partial charge is 0.225 e. The summed E-state index contributed by atoms with van der Waals surface area (Å²) in [7, 11) is 1.86. The monoisotopic (exact) mass is 309 g/mol. The molecule has 0 fully saturated rings. The number of nitrogens with two attached hydrogens (primary N) is 1. The summed E-state index contributed by atoms with van der Waals surface area (Å²) in [4.78, 5) is 11.7. The molecule has 1 aromatic carbocycles. The lowest BCUT2D eigenvalue weighted by molar-refractivity contribution is -0.116. The number of carbonyl (C=O) groups is 1. The van der Waals surface area contributed by atoms with E-state index in [4.69, 9.17) is 5.73 Å². The summed E-state index contributed by atoms with van der Waals surface area (Å²) < 4.78 is 1.72. The van der Waals surface area contributed by atoms with Crippen molar-refractivity contribution in [3.05, 3.63) is 36.7 Å². The van der Waals surface area contributed by atoms with Crippen LogP contribution in [0.3, 0.4) is 0 Å². The van der Waals surface area contributed by atoms with E-state index >= 15 is 0 Å². The minimum Gasteiger partial charge on any atom is -0.353 e. The van der Waals surface area contributed by atoms with Gasteiger partial charge in [-0.25, -0.2) is 0 Å². The van der Waals surface area contributed by atoms with Crippen molar-refractivity contribution < 1.29 is 4.79 Å². The first kappa shape index (κ1) is 17.0. The second-order valence-electron chi connectivity index (χ2n) is 4.84. The molecule has 0 radical (unpaired) electrons. The molecule has 0 aliphatic carbocycles. The molecule has 0 saturated carbocycles. The number of hydrogen-bond donors (Lipinski definition) is 3. The number of nitrogens with zero attached hydrogens (tertiary/aromatic N) is 2.